The van der Waals surface area contributed by atoms with E-state index in [1.807, 2.05) is 13.8 Å². The second-order valence-electron chi connectivity index (χ2n) is 2.94. The zero-order valence-electron chi connectivity index (χ0n) is 8.03. The van der Waals surface area contributed by atoms with Crippen LogP contribution in [0.5, 0.6) is 0 Å². The highest BCUT2D eigenvalue weighted by Crippen LogP contribution is 2.02. The summed E-state index contributed by atoms with van der Waals surface area (Å²) in [6, 6.07) is -0.760. The molecule has 5 heteroatoms. The molecule has 0 unspecified atom stereocenters. The number of ether oxygens (including phenoxy) is 1. The Morgan fingerprint density at radius 1 is 1.62 bits per heavy atom. The summed E-state index contributed by atoms with van der Waals surface area (Å²) in [6.07, 6.45) is 0.230. The Morgan fingerprint density at radius 3 is 2.69 bits per heavy atom. The predicted octanol–water partition coefficient (Wildman–Crippen LogP) is 0.556. The Morgan fingerprint density at radius 2 is 2.23 bits per heavy atom. The van der Waals surface area contributed by atoms with Crippen molar-refractivity contribution in [2.75, 3.05) is 18.1 Å². The number of hydrogen-bond donors (Lipinski definition) is 2. The maximum absolute atomic E-state index is 10.3. The number of rotatable bonds is 7. The van der Waals surface area contributed by atoms with Crippen LogP contribution in [0.4, 0.5) is 0 Å². The van der Waals surface area contributed by atoms with E-state index in [2.05, 4.69) is 0 Å². The van der Waals surface area contributed by atoms with E-state index in [0.29, 0.717) is 12.4 Å². The Bertz CT molecular complexity index is 152. The molecule has 4 nitrogen and oxygen atoms in total. The summed E-state index contributed by atoms with van der Waals surface area (Å²) < 4.78 is 5.28. The van der Waals surface area contributed by atoms with Crippen LogP contribution in [0.15, 0.2) is 0 Å². The minimum atomic E-state index is -0.947. The fourth-order valence-electron chi connectivity index (χ4n) is 0.624. The number of carboxylic acid groups (broad SMARTS) is 1. The summed E-state index contributed by atoms with van der Waals surface area (Å²) in [6.45, 7) is 4.58. The summed E-state index contributed by atoms with van der Waals surface area (Å²) in [5, 5.41) is 8.46. The van der Waals surface area contributed by atoms with Gasteiger partial charge in [-0.1, -0.05) is 0 Å². The van der Waals surface area contributed by atoms with E-state index in [1.165, 1.54) is 11.8 Å². The van der Waals surface area contributed by atoms with Gasteiger partial charge in [-0.05, 0) is 13.8 Å². The normalized spacial score (nSPS) is 13.2. The van der Waals surface area contributed by atoms with Crippen molar-refractivity contribution in [2.24, 2.45) is 5.73 Å². The molecule has 0 rings (SSSR count). The monoisotopic (exact) mass is 207 g/mol. The lowest BCUT2D eigenvalue weighted by Crippen LogP contribution is -2.32. The minimum Gasteiger partial charge on any atom is -0.480 e. The van der Waals surface area contributed by atoms with Crippen LogP contribution in [0.3, 0.4) is 0 Å². The van der Waals surface area contributed by atoms with Crippen LogP contribution in [-0.4, -0.2) is 41.3 Å². The molecule has 0 heterocycles. The number of aliphatic carboxylic acids is 1. The van der Waals surface area contributed by atoms with E-state index in [0.717, 1.165) is 5.75 Å². The molecule has 0 aromatic heterocycles. The lowest BCUT2D eigenvalue weighted by Gasteiger charge is -2.08. The molecule has 0 saturated carbocycles. The van der Waals surface area contributed by atoms with Gasteiger partial charge in [-0.15, -0.1) is 0 Å². The Balaban J connectivity index is 3.21. The van der Waals surface area contributed by atoms with Crippen molar-refractivity contribution in [3.63, 3.8) is 0 Å². The molecule has 1 atom stereocenters. The third-order valence-electron chi connectivity index (χ3n) is 1.29. The molecule has 0 spiro atoms. The van der Waals surface area contributed by atoms with Crippen LogP contribution in [0.2, 0.25) is 0 Å². The predicted molar refractivity (Wildman–Crippen MR) is 54.0 cm³/mol. The first kappa shape index (κ1) is 12.7. The number of nitrogens with two attached hydrogens (primary N) is 1. The van der Waals surface area contributed by atoms with Gasteiger partial charge in [0, 0.05) is 11.5 Å². The minimum absolute atomic E-state index is 0.230. The van der Waals surface area contributed by atoms with Crippen molar-refractivity contribution >= 4 is 17.7 Å². The number of thioether (sulfide) groups is 1. The SMILES string of the molecule is CC(C)OCCSC[C@@H](N)C(=O)O. The largest absolute Gasteiger partial charge is 0.480 e. The highest BCUT2D eigenvalue weighted by molar-refractivity contribution is 7.99. The van der Waals surface area contributed by atoms with Gasteiger partial charge in [0.1, 0.15) is 6.04 Å². The van der Waals surface area contributed by atoms with Crippen molar-refractivity contribution in [1.82, 2.24) is 0 Å². The van der Waals surface area contributed by atoms with Gasteiger partial charge in [0.25, 0.3) is 0 Å². The van der Waals surface area contributed by atoms with E-state index in [-0.39, 0.29) is 6.10 Å². The first-order chi connectivity index (χ1) is 6.04. The molecule has 3 N–H and O–H groups in total. The summed E-state index contributed by atoms with van der Waals surface area (Å²) in [5.41, 5.74) is 5.30. The number of carboxylic acids is 1. The molecule has 0 aliphatic rings. The molecular weight excluding hydrogens is 190 g/mol. The summed E-state index contributed by atoms with van der Waals surface area (Å²) >= 11 is 1.50. The van der Waals surface area contributed by atoms with Gasteiger partial charge in [-0.3, -0.25) is 4.79 Å². The smallest absolute Gasteiger partial charge is 0.321 e. The second-order valence-corrected chi connectivity index (χ2v) is 4.09. The zero-order valence-corrected chi connectivity index (χ0v) is 8.84. The van der Waals surface area contributed by atoms with E-state index >= 15 is 0 Å². The van der Waals surface area contributed by atoms with E-state index in [4.69, 9.17) is 15.6 Å². The third kappa shape index (κ3) is 8.08. The Hall–Kier alpha value is -0.260. The van der Waals surface area contributed by atoms with Gasteiger partial charge < -0.3 is 15.6 Å². The molecule has 0 aromatic carbocycles. The molecule has 0 amide bonds. The van der Waals surface area contributed by atoms with Crippen LogP contribution in [0.25, 0.3) is 0 Å². The molecular formula is C8H17NO3S. The second kappa shape index (κ2) is 7.17. The van der Waals surface area contributed by atoms with E-state index in [9.17, 15) is 4.79 Å². The van der Waals surface area contributed by atoms with Crippen LogP contribution in [0.1, 0.15) is 13.8 Å². The van der Waals surface area contributed by atoms with Crippen LogP contribution < -0.4 is 5.73 Å². The molecule has 0 aromatic rings. The number of hydrogen-bond acceptors (Lipinski definition) is 4. The van der Waals surface area contributed by atoms with Crippen LogP contribution in [-0.2, 0) is 9.53 Å². The lowest BCUT2D eigenvalue weighted by molar-refractivity contribution is -0.137. The first-order valence-electron chi connectivity index (χ1n) is 4.21. The molecule has 0 fully saturated rings. The summed E-state index contributed by atoms with van der Waals surface area (Å²) in [4.78, 5) is 10.3. The molecule has 0 bridgehead atoms. The maximum atomic E-state index is 10.3. The molecule has 0 saturated heterocycles. The fourth-order valence-corrected chi connectivity index (χ4v) is 1.40. The quantitative estimate of drug-likeness (QED) is 0.597. The van der Waals surface area contributed by atoms with Crippen molar-refractivity contribution in [1.29, 1.82) is 0 Å². The van der Waals surface area contributed by atoms with Crippen LogP contribution >= 0.6 is 11.8 Å². The summed E-state index contributed by atoms with van der Waals surface area (Å²) in [7, 11) is 0. The summed E-state index contributed by atoms with van der Waals surface area (Å²) in [5.74, 6) is 0.285. The van der Waals surface area contributed by atoms with Crippen molar-refractivity contribution in [2.45, 2.75) is 26.0 Å². The lowest BCUT2D eigenvalue weighted by atomic mass is 10.4. The molecule has 0 radical (unpaired) electrons. The van der Waals surface area contributed by atoms with Crippen molar-refractivity contribution < 1.29 is 14.6 Å². The van der Waals surface area contributed by atoms with E-state index in [1.54, 1.807) is 0 Å². The average Bonchev–Trinajstić information content (AvgIpc) is 2.02. The highest BCUT2D eigenvalue weighted by atomic mass is 32.2. The Kier molecular flexibility index (Phi) is 7.03. The topological polar surface area (TPSA) is 72.5 Å². The van der Waals surface area contributed by atoms with Gasteiger partial charge in [-0.2, -0.15) is 11.8 Å². The third-order valence-corrected chi connectivity index (χ3v) is 2.34. The van der Waals surface area contributed by atoms with Crippen molar-refractivity contribution in [3.05, 3.63) is 0 Å². The van der Waals surface area contributed by atoms with Gasteiger partial charge in [0.15, 0.2) is 0 Å². The Labute approximate surface area is 82.8 Å². The molecule has 0 aliphatic heterocycles. The highest BCUT2D eigenvalue weighted by Gasteiger charge is 2.10. The van der Waals surface area contributed by atoms with Gasteiger partial charge in [-0.25, -0.2) is 0 Å². The van der Waals surface area contributed by atoms with Gasteiger partial charge in [0.05, 0.1) is 12.7 Å². The molecule has 13 heavy (non-hydrogen) atoms. The molecule has 0 aliphatic carbocycles. The van der Waals surface area contributed by atoms with Crippen molar-refractivity contribution in [3.8, 4) is 0 Å². The molecule has 78 valence electrons. The number of carbonyl (C=O) groups is 1. The zero-order chi connectivity index (χ0) is 10.3. The van der Waals surface area contributed by atoms with Gasteiger partial charge >= 0.3 is 5.97 Å². The maximum Gasteiger partial charge on any atom is 0.321 e. The van der Waals surface area contributed by atoms with Crippen LogP contribution in [0, 0.1) is 0 Å². The fraction of sp³-hybridized carbons (Fsp3) is 0.875. The first-order valence-corrected chi connectivity index (χ1v) is 5.37. The van der Waals surface area contributed by atoms with Gasteiger partial charge in [0.2, 0.25) is 0 Å². The van der Waals surface area contributed by atoms with E-state index < -0.39 is 12.0 Å². The average molecular weight is 207 g/mol. The standard InChI is InChI=1S/C8H17NO3S/c1-6(2)12-3-4-13-5-7(9)8(10)11/h6-7H,3-5,9H2,1-2H3,(H,10,11)/t7-/m1/s1.